The van der Waals surface area contributed by atoms with Crippen molar-refractivity contribution in [1.82, 2.24) is 4.98 Å². The molecule has 2 atom stereocenters. The van der Waals surface area contributed by atoms with Crippen LogP contribution in [-0.4, -0.2) is 42.7 Å². The van der Waals surface area contributed by atoms with E-state index in [1.165, 1.54) is 0 Å². The third-order valence-corrected chi connectivity index (χ3v) is 3.93. The smallest absolute Gasteiger partial charge is 0.160 e. The van der Waals surface area contributed by atoms with E-state index < -0.39 is 0 Å². The van der Waals surface area contributed by atoms with Gasteiger partial charge in [0.2, 0.25) is 0 Å². The van der Waals surface area contributed by atoms with Crippen molar-refractivity contribution in [3.05, 3.63) is 42.1 Å². The lowest BCUT2D eigenvalue weighted by atomic mass is 10.0. The monoisotopic (exact) mass is 330 g/mol. The van der Waals surface area contributed by atoms with Gasteiger partial charge in [0.25, 0.3) is 0 Å². The minimum absolute atomic E-state index is 0.00660. The number of ether oxygens (including phenoxy) is 2. The van der Waals surface area contributed by atoms with E-state index in [9.17, 15) is 4.79 Å². The fourth-order valence-electron chi connectivity index (χ4n) is 2.99. The lowest BCUT2D eigenvalue weighted by molar-refractivity contribution is -0.00548. The molecular weight excluding hydrogens is 304 g/mol. The summed E-state index contributed by atoms with van der Waals surface area (Å²) in [6.07, 6.45) is 3.60. The molecule has 0 N–H and O–H groups in total. The van der Waals surface area contributed by atoms with Crippen LogP contribution in [0.3, 0.4) is 0 Å². The Bertz CT molecular complexity index is 617. The number of ketones is 1. The maximum atomic E-state index is 12.1. The summed E-state index contributed by atoms with van der Waals surface area (Å²) in [6, 6.07) is 1.85. The summed E-state index contributed by atoms with van der Waals surface area (Å²) < 4.78 is 11.3. The zero-order chi connectivity index (χ0) is 17.7. The van der Waals surface area contributed by atoms with Gasteiger partial charge in [-0.05, 0) is 26.8 Å². The Morgan fingerprint density at radius 3 is 2.62 bits per heavy atom. The number of rotatable bonds is 7. The molecule has 0 unspecified atom stereocenters. The fraction of sp³-hybridized carbons (Fsp3) is 0.474. The van der Waals surface area contributed by atoms with Gasteiger partial charge in [0, 0.05) is 24.2 Å². The third kappa shape index (κ3) is 4.30. The van der Waals surface area contributed by atoms with Crippen molar-refractivity contribution in [2.75, 3.05) is 24.6 Å². The molecule has 0 bridgehead atoms. The average Bonchev–Trinajstić information content (AvgIpc) is 2.53. The SMILES string of the molecule is C=CCOCc1nc(N2C[C@@H](C)O[C@@H](C)C2)cc(C(C)=O)c1C=C. The fourth-order valence-corrected chi connectivity index (χ4v) is 2.99. The molecule has 1 aliphatic rings. The Morgan fingerprint density at radius 1 is 1.42 bits per heavy atom. The number of hydrogen-bond acceptors (Lipinski definition) is 5. The maximum absolute atomic E-state index is 12.1. The molecule has 5 nitrogen and oxygen atoms in total. The van der Waals surface area contributed by atoms with Gasteiger partial charge in [-0.25, -0.2) is 4.98 Å². The van der Waals surface area contributed by atoms with Crippen LogP contribution in [0.4, 0.5) is 5.82 Å². The number of hydrogen-bond donors (Lipinski definition) is 0. The van der Waals surface area contributed by atoms with E-state index >= 15 is 0 Å². The zero-order valence-corrected chi connectivity index (χ0v) is 14.7. The zero-order valence-electron chi connectivity index (χ0n) is 14.7. The van der Waals surface area contributed by atoms with Crippen molar-refractivity contribution >= 4 is 17.7 Å². The molecule has 0 aliphatic carbocycles. The summed E-state index contributed by atoms with van der Waals surface area (Å²) in [7, 11) is 0. The molecule has 24 heavy (non-hydrogen) atoms. The number of pyridine rings is 1. The van der Waals surface area contributed by atoms with E-state index in [1.807, 2.05) is 19.9 Å². The number of anilines is 1. The second-order valence-corrected chi connectivity index (χ2v) is 6.11. The van der Waals surface area contributed by atoms with Crippen LogP contribution >= 0.6 is 0 Å². The number of Topliss-reactive ketones (excluding diaryl/α,β-unsaturated/α-hetero) is 1. The Kier molecular flexibility index (Phi) is 6.29. The molecule has 0 spiro atoms. The van der Waals surface area contributed by atoms with Crippen molar-refractivity contribution < 1.29 is 14.3 Å². The quantitative estimate of drug-likeness (QED) is 0.436. The molecule has 1 aromatic heterocycles. The van der Waals surface area contributed by atoms with Crippen molar-refractivity contribution in [2.45, 2.75) is 39.6 Å². The van der Waals surface area contributed by atoms with Gasteiger partial charge in [0.15, 0.2) is 5.78 Å². The Hall–Kier alpha value is -1.98. The van der Waals surface area contributed by atoms with Crippen LogP contribution in [0.5, 0.6) is 0 Å². The molecular formula is C19H26N2O3. The van der Waals surface area contributed by atoms with Gasteiger partial charge in [-0.15, -0.1) is 6.58 Å². The van der Waals surface area contributed by atoms with Crippen LogP contribution in [0, 0.1) is 0 Å². The maximum Gasteiger partial charge on any atom is 0.160 e. The van der Waals surface area contributed by atoms with Crippen LogP contribution in [0.25, 0.3) is 6.08 Å². The van der Waals surface area contributed by atoms with Crippen molar-refractivity contribution in [2.24, 2.45) is 0 Å². The number of morpholine rings is 1. The Balaban J connectivity index is 2.41. The van der Waals surface area contributed by atoms with E-state index in [1.54, 1.807) is 19.1 Å². The first-order chi connectivity index (χ1) is 11.5. The number of aromatic nitrogens is 1. The summed E-state index contributed by atoms with van der Waals surface area (Å²) in [5, 5.41) is 0. The molecule has 1 saturated heterocycles. The minimum Gasteiger partial charge on any atom is -0.372 e. The Labute approximate surface area is 144 Å². The Morgan fingerprint density at radius 2 is 2.08 bits per heavy atom. The van der Waals surface area contributed by atoms with Gasteiger partial charge in [0.05, 0.1) is 31.1 Å². The standard InChI is InChI=1S/C19H26N2O3/c1-6-8-23-12-18-16(7-2)17(15(5)22)9-19(20-18)21-10-13(3)24-14(4)11-21/h6-7,9,13-14H,1-2,8,10-12H2,3-5H3/t13-,14+. The summed E-state index contributed by atoms with van der Waals surface area (Å²) in [5.74, 6) is 0.776. The van der Waals surface area contributed by atoms with E-state index in [0.717, 1.165) is 30.2 Å². The first kappa shape index (κ1) is 18.4. The molecule has 1 aromatic rings. The molecule has 130 valence electrons. The predicted molar refractivity (Wildman–Crippen MR) is 96.4 cm³/mol. The molecule has 0 saturated carbocycles. The lowest BCUT2D eigenvalue weighted by Gasteiger charge is -2.36. The molecule has 0 radical (unpaired) electrons. The van der Waals surface area contributed by atoms with E-state index in [4.69, 9.17) is 14.5 Å². The van der Waals surface area contributed by atoms with Crippen LogP contribution < -0.4 is 4.90 Å². The lowest BCUT2D eigenvalue weighted by Crippen LogP contribution is -2.46. The summed E-state index contributed by atoms with van der Waals surface area (Å²) in [5.41, 5.74) is 2.09. The van der Waals surface area contributed by atoms with E-state index in [0.29, 0.717) is 18.8 Å². The van der Waals surface area contributed by atoms with Crippen LogP contribution in [0.1, 0.15) is 42.4 Å². The van der Waals surface area contributed by atoms with Gasteiger partial charge in [-0.1, -0.05) is 18.7 Å². The van der Waals surface area contributed by atoms with Crippen molar-refractivity contribution in [3.63, 3.8) is 0 Å². The summed E-state index contributed by atoms with van der Waals surface area (Å²) in [6.45, 7) is 15.4. The number of nitrogens with zero attached hydrogens (tertiary/aromatic N) is 2. The first-order valence-electron chi connectivity index (χ1n) is 8.22. The highest BCUT2D eigenvalue weighted by Crippen LogP contribution is 2.25. The van der Waals surface area contributed by atoms with E-state index in [-0.39, 0.29) is 18.0 Å². The molecule has 1 aliphatic heterocycles. The summed E-state index contributed by atoms with van der Waals surface area (Å²) >= 11 is 0. The molecule has 2 rings (SSSR count). The minimum atomic E-state index is -0.00660. The first-order valence-corrected chi connectivity index (χ1v) is 8.22. The predicted octanol–water partition coefficient (Wildman–Crippen LogP) is 3.24. The van der Waals surface area contributed by atoms with Crippen LogP contribution in [-0.2, 0) is 16.1 Å². The number of carbonyl (C=O) groups excluding carboxylic acids is 1. The van der Waals surface area contributed by atoms with Crippen LogP contribution in [0.15, 0.2) is 25.3 Å². The summed E-state index contributed by atoms with van der Waals surface area (Å²) in [4.78, 5) is 19.0. The highest BCUT2D eigenvalue weighted by atomic mass is 16.5. The molecule has 1 fully saturated rings. The second-order valence-electron chi connectivity index (χ2n) is 6.11. The molecule has 5 heteroatoms. The van der Waals surface area contributed by atoms with Gasteiger partial charge in [0.1, 0.15) is 5.82 Å². The number of carbonyl (C=O) groups is 1. The van der Waals surface area contributed by atoms with Crippen molar-refractivity contribution in [3.8, 4) is 0 Å². The van der Waals surface area contributed by atoms with Gasteiger partial charge in [-0.2, -0.15) is 0 Å². The normalized spacial score (nSPS) is 20.7. The van der Waals surface area contributed by atoms with Gasteiger partial charge < -0.3 is 14.4 Å². The second kappa shape index (κ2) is 8.22. The van der Waals surface area contributed by atoms with Gasteiger partial charge in [-0.3, -0.25) is 4.79 Å². The van der Waals surface area contributed by atoms with E-state index in [2.05, 4.69) is 18.1 Å². The highest BCUT2D eigenvalue weighted by Gasteiger charge is 2.25. The topological polar surface area (TPSA) is 51.7 Å². The third-order valence-electron chi connectivity index (χ3n) is 3.93. The van der Waals surface area contributed by atoms with Crippen molar-refractivity contribution in [1.29, 1.82) is 0 Å². The average molecular weight is 330 g/mol. The molecule has 0 aromatic carbocycles. The van der Waals surface area contributed by atoms with Gasteiger partial charge >= 0.3 is 0 Å². The molecule has 2 heterocycles. The largest absolute Gasteiger partial charge is 0.372 e. The van der Waals surface area contributed by atoms with Crippen LogP contribution in [0.2, 0.25) is 0 Å². The molecule has 0 amide bonds. The highest BCUT2D eigenvalue weighted by molar-refractivity contribution is 5.98.